The third-order valence-corrected chi connectivity index (χ3v) is 3.51. The first-order valence-electron chi connectivity index (χ1n) is 5.96. The fourth-order valence-electron chi connectivity index (χ4n) is 1.39. The van der Waals surface area contributed by atoms with Crippen LogP contribution in [0.1, 0.15) is 25.8 Å². The van der Waals surface area contributed by atoms with Crippen LogP contribution in [-0.2, 0) is 4.79 Å². The summed E-state index contributed by atoms with van der Waals surface area (Å²) in [6.45, 7) is 3.57. The highest BCUT2D eigenvalue weighted by molar-refractivity contribution is 6.34. The molecule has 1 rings (SSSR count). The molecule has 0 heterocycles. The van der Waals surface area contributed by atoms with Crippen molar-refractivity contribution in [2.24, 2.45) is 0 Å². The normalized spacial score (nSPS) is 14.4. The summed E-state index contributed by atoms with van der Waals surface area (Å²) < 4.78 is 0. The predicted octanol–water partition coefficient (Wildman–Crippen LogP) is 3.28. The van der Waals surface area contributed by atoms with Gasteiger partial charge >= 0.3 is 0 Å². The van der Waals surface area contributed by atoms with Gasteiger partial charge in [-0.2, -0.15) is 0 Å². The molecule has 5 heteroatoms. The van der Waals surface area contributed by atoms with Crippen LogP contribution in [0.15, 0.2) is 24.3 Å². The SMILES string of the molecule is CCC(C)(CO)NC(=O)C=Cc1cc(Cl)ccc1Cl. The second-order valence-corrected chi connectivity index (χ2v) is 5.40. The van der Waals surface area contributed by atoms with Crippen LogP contribution in [0.25, 0.3) is 6.08 Å². The molecule has 0 fully saturated rings. The van der Waals surface area contributed by atoms with E-state index in [4.69, 9.17) is 23.2 Å². The lowest BCUT2D eigenvalue weighted by atomic mass is 10.0. The molecule has 2 N–H and O–H groups in total. The van der Waals surface area contributed by atoms with Gasteiger partial charge in [-0.05, 0) is 43.2 Å². The van der Waals surface area contributed by atoms with Gasteiger partial charge in [0, 0.05) is 16.1 Å². The molecule has 1 aromatic carbocycles. The highest BCUT2D eigenvalue weighted by Crippen LogP contribution is 2.21. The number of amides is 1. The Bertz CT molecular complexity index is 482. The Balaban J connectivity index is 2.76. The number of carbonyl (C=O) groups excluding carboxylic acids is 1. The van der Waals surface area contributed by atoms with E-state index in [1.807, 2.05) is 6.92 Å². The molecule has 1 unspecified atom stereocenters. The van der Waals surface area contributed by atoms with Crippen molar-refractivity contribution in [2.45, 2.75) is 25.8 Å². The molecule has 104 valence electrons. The Kier molecular flexibility index (Phi) is 5.85. The van der Waals surface area contributed by atoms with E-state index in [1.54, 1.807) is 31.2 Å². The van der Waals surface area contributed by atoms with Gasteiger partial charge in [0.25, 0.3) is 0 Å². The van der Waals surface area contributed by atoms with Crippen molar-refractivity contribution in [2.75, 3.05) is 6.61 Å². The first-order chi connectivity index (χ1) is 8.90. The quantitative estimate of drug-likeness (QED) is 0.820. The zero-order valence-electron chi connectivity index (χ0n) is 10.9. The van der Waals surface area contributed by atoms with Crippen molar-refractivity contribution in [1.29, 1.82) is 0 Å². The molecule has 3 nitrogen and oxygen atoms in total. The van der Waals surface area contributed by atoms with Crippen molar-refractivity contribution in [1.82, 2.24) is 5.32 Å². The van der Waals surface area contributed by atoms with Gasteiger partial charge in [0.2, 0.25) is 5.91 Å². The molecule has 0 aliphatic rings. The molecular formula is C14H17Cl2NO2. The van der Waals surface area contributed by atoms with Gasteiger partial charge in [-0.1, -0.05) is 30.1 Å². The smallest absolute Gasteiger partial charge is 0.244 e. The maximum atomic E-state index is 11.8. The van der Waals surface area contributed by atoms with Crippen molar-refractivity contribution in [3.8, 4) is 0 Å². The maximum absolute atomic E-state index is 11.8. The summed E-state index contributed by atoms with van der Waals surface area (Å²) in [6.07, 6.45) is 3.61. The summed E-state index contributed by atoms with van der Waals surface area (Å²) in [6, 6.07) is 5.03. The number of halogens is 2. The van der Waals surface area contributed by atoms with Crippen molar-refractivity contribution in [3.05, 3.63) is 39.9 Å². The van der Waals surface area contributed by atoms with E-state index in [2.05, 4.69) is 5.32 Å². The minimum Gasteiger partial charge on any atom is -0.394 e. The lowest BCUT2D eigenvalue weighted by molar-refractivity contribution is -0.118. The predicted molar refractivity (Wildman–Crippen MR) is 79.4 cm³/mol. The van der Waals surface area contributed by atoms with Crippen LogP contribution in [0.4, 0.5) is 0 Å². The number of nitrogens with one attached hydrogen (secondary N) is 1. The molecule has 0 aliphatic heterocycles. The average molecular weight is 302 g/mol. The number of hydrogen-bond acceptors (Lipinski definition) is 2. The third-order valence-electron chi connectivity index (χ3n) is 2.93. The van der Waals surface area contributed by atoms with Crippen LogP contribution < -0.4 is 5.32 Å². The first-order valence-corrected chi connectivity index (χ1v) is 6.72. The van der Waals surface area contributed by atoms with E-state index >= 15 is 0 Å². The zero-order chi connectivity index (χ0) is 14.5. The number of benzene rings is 1. The molecular weight excluding hydrogens is 285 g/mol. The van der Waals surface area contributed by atoms with Crippen LogP contribution in [0.2, 0.25) is 10.0 Å². The second-order valence-electron chi connectivity index (χ2n) is 4.56. The largest absolute Gasteiger partial charge is 0.394 e. The summed E-state index contributed by atoms with van der Waals surface area (Å²) >= 11 is 11.8. The Morgan fingerprint density at radius 3 is 2.74 bits per heavy atom. The summed E-state index contributed by atoms with van der Waals surface area (Å²) in [5.41, 5.74) is 0.0611. The molecule has 0 aromatic heterocycles. The van der Waals surface area contributed by atoms with Gasteiger partial charge in [0.15, 0.2) is 0 Å². The van der Waals surface area contributed by atoms with Crippen molar-refractivity contribution >= 4 is 35.2 Å². The van der Waals surface area contributed by atoms with E-state index in [0.717, 1.165) is 0 Å². The Morgan fingerprint density at radius 1 is 1.47 bits per heavy atom. The molecule has 0 radical (unpaired) electrons. The Labute approximate surface area is 123 Å². The third kappa shape index (κ3) is 4.86. The van der Waals surface area contributed by atoms with Gasteiger partial charge in [-0.3, -0.25) is 4.79 Å². The molecule has 0 spiro atoms. The van der Waals surface area contributed by atoms with E-state index < -0.39 is 5.54 Å². The van der Waals surface area contributed by atoms with E-state index in [9.17, 15) is 9.90 Å². The standard InChI is InChI=1S/C14H17Cl2NO2/c1-3-14(2,9-18)17-13(19)7-4-10-8-11(15)5-6-12(10)16/h4-8,18H,3,9H2,1-2H3,(H,17,19). The zero-order valence-corrected chi connectivity index (χ0v) is 12.4. The fourth-order valence-corrected chi connectivity index (χ4v) is 1.75. The van der Waals surface area contributed by atoms with Gasteiger partial charge < -0.3 is 10.4 Å². The minimum absolute atomic E-state index is 0.110. The summed E-state index contributed by atoms with van der Waals surface area (Å²) in [5, 5.41) is 13.0. The Morgan fingerprint density at radius 2 is 2.16 bits per heavy atom. The molecule has 0 bridgehead atoms. The number of carbonyl (C=O) groups is 1. The van der Waals surface area contributed by atoms with Gasteiger partial charge in [-0.25, -0.2) is 0 Å². The Hall–Kier alpha value is -1.03. The summed E-state index contributed by atoms with van der Waals surface area (Å²) in [4.78, 5) is 11.8. The topological polar surface area (TPSA) is 49.3 Å². The number of aliphatic hydroxyl groups is 1. The molecule has 1 aromatic rings. The van der Waals surface area contributed by atoms with Crippen molar-refractivity contribution in [3.63, 3.8) is 0 Å². The lowest BCUT2D eigenvalue weighted by Gasteiger charge is -2.26. The fraction of sp³-hybridized carbons (Fsp3) is 0.357. The van der Waals surface area contributed by atoms with E-state index in [-0.39, 0.29) is 12.5 Å². The van der Waals surface area contributed by atoms with Gasteiger partial charge in [0.05, 0.1) is 12.1 Å². The van der Waals surface area contributed by atoms with Crippen LogP contribution in [0.3, 0.4) is 0 Å². The van der Waals surface area contributed by atoms with Crippen LogP contribution >= 0.6 is 23.2 Å². The summed E-state index contributed by atoms with van der Waals surface area (Å²) in [7, 11) is 0. The number of rotatable bonds is 5. The molecule has 0 aliphatic carbocycles. The molecule has 19 heavy (non-hydrogen) atoms. The highest BCUT2D eigenvalue weighted by atomic mass is 35.5. The number of hydrogen-bond donors (Lipinski definition) is 2. The average Bonchev–Trinajstić information content (AvgIpc) is 2.39. The van der Waals surface area contributed by atoms with Gasteiger partial charge in [0.1, 0.15) is 0 Å². The second kappa shape index (κ2) is 6.94. The molecule has 0 saturated heterocycles. The first kappa shape index (κ1) is 16.0. The van der Waals surface area contributed by atoms with Crippen LogP contribution in [0.5, 0.6) is 0 Å². The minimum atomic E-state index is -0.612. The van der Waals surface area contributed by atoms with E-state index in [1.165, 1.54) is 6.08 Å². The van der Waals surface area contributed by atoms with Crippen molar-refractivity contribution < 1.29 is 9.90 Å². The maximum Gasteiger partial charge on any atom is 0.244 e. The summed E-state index contributed by atoms with van der Waals surface area (Å²) in [5.74, 6) is -0.283. The molecule has 0 saturated carbocycles. The van der Waals surface area contributed by atoms with E-state index in [0.29, 0.717) is 22.0 Å². The van der Waals surface area contributed by atoms with Crippen LogP contribution in [0, 0.1) is 0 Å². The number of aliphatic hydroxyl groups excluding tert-OH is 1. The van der Waals surface area contributed by atoms with Gasteiger partial charge in [-0.15, -0.1) is 0 Å². The van der Waals surface area contributed by atoms with Crippen LogP contribution in [-0.4, -0.2) is 23.2 Å². The monoisotopic (exact) mass is 301 g/mol. The lowest BCUT2D eigenvalue weighted by Crippen LogP contribution is -2.47. The molecule has 1 amide bonds. The highest BCUT2D eigenvalue weighted by Gasteiger charge is 2.21. The molecule has 1 atom stereocenters.